The van der Waals surface area contributed by atoms with Crippen molar-refractivity contribution in [2.24, 2.45) is 35.5 Å². The first-order chi connectivity index (χ1) is 13.7. The third-order valence-electron chi connectivity index (χ3n) is 6.66. The summed E-state index contributed by atoms with van der Waals surface area (Å²) >= 11 is 5.79. The average molecular weight is 425 g/mol. The molecule has 2 bridgehead atoms. The van der Waals surface area contributed by atoms with Crippen molar-refractivity contribution in [2.75, 3.05) is 11.6 Å². The number of anilines is 1. The van der Waals surface area contributed by atoms with Crippen LogP contribution in [0, 0.1) is 35.5 Å². The number of allylic oxidation sites excluding steroid dienone is 2. The number of amides is 3. The molecule has 4 aliphatic carbocycles. The molecular formula is C20H16ClF3N2O3. The van der Waals surface area contributed by atoms with Crippen molar-refractivity contribution in [1.29, 1.82) is 0 Å². The molecule has 0 spiro atoms. The van der Waals surface area contributed by atoms with Crippen LogP contribution in [0.5, 0.6) is 0 Å². The normalized spacial score (nSPS) is 34.3. The zero-order chi connectivity index (χ0) is 20.7. The molecule has 29 heavy (non-hydrogen) atoms. The minimum atomic E-state index is -5.15. The third-order valence-corrected chi connectivity index (χ3v) is 6.91. The Kier molecular flexibility index (Phi) is 3.91. The van der Waals surface area contributed by atoms with Crippen molar-refractivity contribution in [3.63, 3.8) is 0 Å². The van der Waals surface area contributed by atoms with Crippen LogP contribution in [0.15, 0.2) is 36.4 Å². The largest absolute Gasteiger partial charge is 0.471 e. The molecule has 3 amide bonds. The quantitative estimate of drug-likeness (QED) is 0.553. The average Bonchev–Trinajstić information content (AvgIpc) is 3.46. The minimum Gasteiger partial charge on any atom is -0.286 e. The lowest BCUT2D eigenvalue weighted by Crippen LogP contribution is -2.49. The van der Waals surface area contributed by atoms with Crippen LogP contribution in [0.2, 0.25) is 5.02 Å². The number of carbonyl (C=O) groups is 3. The van der Waals surface area contributed by atoms with E-state index in [1.165, 1.54) is 24.3 Å². The van der Waals surface area contributed by atoms with Gasteiger partial charge in [-0.2, -0.15) is 13.2 Å². The summed E-state index contributed by atoms with van der Waals surface area (Å²) in [6.45, 7) is -0.764. The molecule has 1 saturated heterocycles. The number of benzene rings is 1. The summed E-state index contributed by atoms with van der Waals surface area (Å²) in [6.07, 6.45) is -0.210. The summed E-state index contributed by atoms with van der Waals surface area (Å²) in [6, 6.07) is 5.20. The maximum Gasteiger partial charge on any atom is 0.471 e. The Morgan fingerprint density at radius 3 is 2.03 bits per heavy atom. The van der Waals surface area contributed by atoms with Crippen LogP contribution in [-0.2, 0) is 14.4 Å². The summed E-state index contributed by atoms with van der Waals surface area (Å²) in [5.74, 6) is -3.50. The lowest BCUT2D eigenvalue weighted by atomic mass is 9.63. The first-order valence-corrected chi connectivity index (χ1v) is 9.74. The van der Waals surface area contributed by atoms with E-state index >= 15 is 0 Å². The second-order valence-electron chi connectivity index (χ2n) is 8.11. The van der Waals surface area contributed by atoms with Crippen molar-refractivity contribution in [1.82, 2.24) is 4.90 Å². The molecule has 9 heteroatoms. The predicted molar refractivity (Wildman–Crippen MR) is 96.4 cm³/mol. The Labute approximate surface area is 169 Å². The highest BCUT2D eigenvalue weighted by molar-refractivity contribution is 6.30. The lowest BCUT2D eigenvalue weighted by molar-refractivity contribution is -0.171. The van der Waals surface area contributed by atoms with Crippen LogP contribution in [-0.4, -0.2) is 35.5 Å². The van der Waals surface area contributed by atoms with E-state index in [2.05, 4.69) is 0 Å². The van der Waals surface area contributed by atoms with Gasteiger partial charge in [0.2, 0.25) is 11.8 Å². The molecule has 0 radical (unpaired) electrons. The molecular weight excluding hydrogens is 409 g/mol. The summed E-state index contributed by atoms with van der Waals surface area (Å²) in [7, 11) is 0. The van der Waals surface area contributed by atoms with E-state index in [0.717, 1.165) is 11.3 Å². The molecule has 6 atom stereocenters. The number of likely N-dealkylation sites (tertiary alicyclic amines) is 1. The molecule has 2 saturated carbocycles. The number of imide groups is 1. The number of halogens is 4. The van der Waals surface area contributed by atoms with Crippen LogP contribution in [0.25, 0.3) is 0 Å². The number of hydrogen-bond donors (Lipinski definition) is 0. The van der Waals surface area contributed by atoms with E-state index in [4.69, 9.17) is 11.6 Å². The highest BCUT2D eigenvalue weighted by atomic mass is 35.5. The fourth-order valence-electron chi connectivity index (χ4n) is 5.34. The molecule has 152 valence electrons. The maximum absolute atomic E-state index is 13.2. The van der Waals surface area contributed by atoms with Crippen LogP contribution in [0.3, 0.4) is 0 Å². The number of carbonyl (C=O) groups excluding carboxylic acids is 3. The van der Waals surface area contributed by atoms with Gasteiger partial charge < -0.3 is 0 Å². The smallest absolute Gasteiger partial charge is 0.286 e. The van der Waals surface area contributed by atoms with Gasteiger partial charge >= 0.3 is 12.1 Å². The van der Waals surface area contributed by atoms with E-state index in [1.54, 1.807) is 0 Å². The van der Waals surface area contributed by atoms with Crippen LogP contribution in [0.1, 0.15) is 6.42 Å². The molecule has 0 aromatic heterocycles. The molecule has 0 unspecified atom stereocenters. The molecule has 1 aromatic carbocycles. The number of rotatable bonds is 3. The van der Waals surface area contributed by atoms with Crippen LogP contribution >= 0.6 is 11.6 Å². The molecule has 1 heterocycles. The van der Waals surface area contributed by atoms with E-state index in [-0.39, 0.29) is 22.5 Å². The Hall–Kier alpha value is -2.35. The van der Waals surface area contributed by atoms with Crippen molar-refractivity contribution in [2.45, 2.75) is 12.6 Å². The minimum absolute atomic E-state index is 0.0428. The van der Waals surface area contributed by atoms with Gasteiger partial charge in [0.15, 0.2) is 0 Å². The van der Waals surface area contributed by atoms with Gasteiger partial charge in [-0.25, -0.2) is 0 Å². The summed E-state index contributed by atoms with van der Waals surface area (Å²) in [4.78, 5) is 39.4. The molecule has 1 aliphatic heterocycles. The number of hydrogen-bond acceptors (Lipinski definition) is 3. The summed E-state index contributed by atoms with van der Waals surface area (Å²) in [5, 5.41) is 0.286. The molecule has 5 aliphatic rings. The van der Waals surface area contributed by atoms with Gasteiger partial charge in [-0.1, -0.05) is 23.8 Å². The van der Waals surface area contributed by atoms with Crippen LogP contribution < -0.4 is 4.90 Å². The molecule has 1 aromatic rings. The summed E-state index contributed by atoms with van der Waals surface area (Å²) in [5.41, 5.74) is -0.0869. The number of alkyl halides is 3. The molecule has 0 N–H and O–H groups in total. The standard InChI is InChI=1S/C20H16ClF3N2O3/c21-9-1-3-10(4-2-9)25(19(29)20(22,23)24)8-26-17(27)15-11-5-6-12(14-7-13(11)14)16(15)18(26)28/h1-6,11-16H,7-8H2/t11-,12-,13-,14+,15-,16+/m0/s1. The van der Waals surface area contributed by atoms with Gasteiger partial charge in [0, 0.05) is 10.7 Å². The van der Waals surface area contributed by atoms with Gasteiger partial charge in [0.25, 0.3) is 0 Å². The van der Waals surface area contributed by atoms with E-state index in [0.29, 0.717) is 16.7 Å². The third kappa shape index (κ3) is 2.72. The van der Waals surface area contributed by atoms with Crippen molar-refractivity contribution in [3.05, 3.63) is 41.4 Å². The first kappa shape index (κ1) is 18.7. The van der Waals surface area contributed by atoms with E-state index in [1.807, 2.05) is 12.2 Å². The first-order valence-electron chi connectivity index (χ1n) is 9.36. The Balaban J connectivity index is 1.46. The SMILES string of the molecule is O=C1[C@@H]2[C@H]3C=C[C@@H]([C@@H]4C[C@H]34)[C@@H]2C(=O)N1CN(C(=O)C(F)(F)F)c1ccc(Cl)cc1. The Morgan fingerprint density at radius 2 is 1.55 bits per heavy atom. The molecule has 3 fully saturated rings. The number of nitrogens with zero attached hydrogens (tertiary/aromatic N) is 2. The maximum atomic E-state index is 13.2. The highest BCUT2D eigenvalue weighted by Gasteiger charge is 2.67. The van der Waals surface area contributed by atoms with Gasteiger partial charge in [0.05, 0.1) is 11.8 Å². The second kappa shape index (κ2) is 6.08. The van der Waals surface area contributed by atoms with Gasteiger partial charge in [-0.3, -0.25) is 24.2 Å². The van der Waals surface area contributed by atoms with Crippen molar-refractivity contribution in [3.8, 4) is 0 Å². The van der Waals surface area contributed by atoms with Crippen molar-refractivity contribution >= 4 is 35.0 Å². The van der Waals surface area contributed by atoms with Gasteiger partial charge in [-0.15, -0.1) is 0 Å². The Morgan fingerprint density at radius 1 is 1.03 bits per heavy atom. The monoisotopic (exact) mass is 424 g/mol. The van der Waals surface area contributed by atoms with E-state index in [9.17, 15) is 27.6 Å². The fourth-order valence-corrected chi connectivity index (χ4v) is 5.46. The highest BCUT2D eigenvalue weighted by Crippen LogP contribution is 2.65. The van der Waals surface area contributed by atoms with Gasteiger partial charge in [0.1, 0.15) is 6.67 Å². The topological polar surface area (TPSA) is 57.7 Å². The zero-order valence-corrected chi connectivity index (χ0v) is 15.7. The summed E-state index contributed by atoms with van der Waals surface area (Å²) < 4.78 is 39.6. The second-order valence-corrected chi connectivity index (χ2v) is 8.54. The molecule has 6 rings (SSSR count). The van der Waals surface area contributed by atoms with Gasteiger partial charge in [-0.05, 0) is 54.4 Å². The zero-order valence-electron chi connectivity index (χ0n) is 15.0. The fraction of sp³-hybridized carbons (Fsp3) is 0.450. The predicted octanol–water partition coefficient (Wildman–Crippen LogP) is 3.25. The molecule has 5 nitrogen and oxygen atoms in total. The lowest BCUT2D eigenvalue weighted by Gasteiger charge is -2.37. The van der Waals surface area contributed by atoms with Crippen LogP contribution in [0.4, 0.5) is 18.9 Å². The van der Waals surface area contributed by atoms with Crippen molar-refractivity contribution < 1.29 is 27.6 Å². The Bertz CT molecular complexity index is 909. The van der Waals surface area contributed by atoms with E-state index < -0.39 is 42.4 Å².